The minimum Gasteiger partial charge on any atom is -0.467 e. The highest BCUT2D eigenvalue weighted by molar-refractivity contribution is 5.14. The standard InChI is InChI=1S/C19H27NO4/c1-2-23-12-10-17(21)14-20(13-16-7-4-3-5-8-16)15-18(22)19-9-6-11-24-19/h3-9,11,17-18,21-22H,2,10,12-15H2,1H3/t17-,18+/m0/s1. The predicted octanol–water partition coefficient (Wildman–Crippen LogP) is 2.60. The number of hydrogen-bond acceptors (Lipinski definition) is 5. The summed E-state index contributed by atoms with van der Waals surface area (Å²) < 4.78 is 10.6. The van der Waals surface area contributed by atoms with E-state index >= 15 is 0 Å². The Kier molecular flexibility index (Phi) is 7.98. The topological polar surface area (TPSA) is 66.1 Å². The molecule has 2 N–H and O–H groups in total. The van der Waals surface area contributed by atoms with Crippen molar-refractivity contribution in [3.8, 4) is 0 Å². The van der Waals surface area contributed by atoms with Crippen molar-refractivity contribution >= 4 is 0 Å². The number of hydrogen-bond donors (Lipinski definition) is 2. The highest BCUT2D eigenvalue weighted by Crippen LogP contribution is 2.17. The zero-order valence-corrected chi connectivity index (χ0v) is 14.2. The quantitative estimate of drug-likeness (QED) is 0.619. The average Bonchev–Trinajstić information content (AvgIpc) is 3.10. The van der Waals surface area contributed by atoms with E-state index in [4.69, 9.17) is 9.15 Å². The summed E-state index contributed by atoms with van der Waals surface area (Å²) in [7, 11) is 0. The van der Waals surface area contributed by atoms with Crippen molar-refractivity contribution in [2.75, 3.05) is 26.3 Å². The molecular weight excluding hydrogens is 306 g/mol. The van der Waals surface area contributed by atoms with E-state index in [-0.39, 0.29) is 0 Å². The van der Waals surface area contributed by atoms with Gasteiger partial charge in [0.2, 0.25) is 0 Å². The first-order chi connectivity index (χ1) is 11.7. The second-order valence-electron chi connectivity index (χ2n) is 5.85. The van der Waals surface area contributed by atoms with E-state index in [1.54, 1.807) is 18.4 Å². The third-order valence-electron chi connectivity index (χ3n) is 3.82. The predicted molar refractivity (Wildman–Crippen MR) is 92.5 cm³/mol. The van der Waals surface area contributed by atoms with Crippen molar-refractivity contribution < 1.29 is 19.4 Å². The maximum atomic E-state index is 10.3. The lowest BCUT2D eigenvalue weighted by molar-refractivity contribution is 0.0374. The molecule has 0 aliphatic carbocycles. The molecule has 2 aromatic rings. The fourth-order valence-corrected chi connectivity index (χ4v) is 2.61. The summed E-state index contributed by atoms with van der Waals surface area (Å²) in [6.45, 7) is 4.65. The van der Waals surface area contributed by atoms with E-state index < -0.39 is 12.2 Å². The molecular formula is C19H27NO4. The SMILES string of the molecule is CCOCC[C@H](O)CN(Cc1ccccc1)C[C@@H](O)c1ccco1. The molecule has 24 heavy (non-hydrogen) atoms. The molecule has 0 radical (unpaired) electrons. The van der Waals surface area contributed by atoms with Crippen LogP contribution in [0.15, 0.2) is 53.1 Å². The molecule has 132 valence electrons. The average molecular weight is 333 g/mol. The minimum atomic E-state index is -0.720. The molecule has 0 aliphatic heterocycles. The summed E-state index contributed by atoms with van der Waals surface area (Å²) in [5, 5.41) is 20.6. The number of benzene rings is 1. The fraction of sp³-hybridized carbons (Fsp3) is 0.474. The molecule has 5 heteroatoms. The van der Waals surface area contributed by atoms with Gasteiger partial charge >= 0.3 is 0 Å². The third-order valence-corrected chi connectivity index (χ3v) is 3.82. The molecule has 1 aromatic heterocycles. The lowest BCUT2D eigenvalue weighted by Gasteiger charge is -2.27. The van der Waals surface area contributed by atoms with Crippen LogP contribution in [0.3, 0.4) is 0 Å². The number of aliphatic hydroxyl groups is 2. The van der Waals surface area contributed by atoms with Gasteiger partial charge in [-0.2, -0.15) is 0 Å². The number of ether oxygens (including phenoxy) is 1. The summed E-state index contributed by atoms with van der Waals surface area (Å²) in [4.78, 5) is 2.04. The molecule has 1 aromatic carbocycles. The molecule has 2 rings (SSSR count). The van der Waals surface area contributed by atoms with E-state index in [1.807, 2.05) is 42.2 Å². The van der Waals surface area contributed by atoms with Crippen LogP contribution in [0.4, 0.5) is 0 Å². The van der Waals surface area contributed by atoms with E-state index in [9.17, 15) is 10.2 Å². The van der Waals surface area contributed by atoms with Crippen molar-refractivity contribution in [2.45, 2.75) is 32.1 Å². The highest BCUT2D eigenvalue weighted by Gasteiger charge is 2.19. The van der Waals surface area contributed by atoms with Crippen molar-refractivity contribution in [1.29, 1.82) is 0 Å². The first-order valence-corrected chi connectivity index (χ1v) is 8.42. The Bertz CT molecular complexity index is 544. The summed E-state index contributed by atoms with van der Waals surface area (Å²) in [5.41, 5.74) is 1.14. The second-order valence-corrected chi connectivity index (χ2v) is 5.85. The molecule has 0 saturated carbocycles. The Hall–Kier alpha value is -1.66. The molecule has 0 aliphatic rings. The van der Waals surface area contributed by atoms with Gasteiger partial charge in [-0.25, -0.2) is 0 Å². The van der Waals surface area contributed by atoms with Crippen LogP contribution in [0.5, 0.6) is 0 Å². The van der Waals surface area contributed by atoms with Crippen LogP contribution in [0.1, 0.15) is 30.8 Å². The lowest BCUT2D eigenvalue weighted by atomic mass is 10.1. The Morgan fingerprint density at radius 1 is 1.08 bits per heavy atom. The van der Waals surface area contributed by atoms with Gasteiger partial charge in [-0.3, -0.25) is 4.90 Å². The Balaban J connectivity index is 1.95. The highest BCUT2D eigenvalue weighted by atomic mass is 16.5. The lowest BCUT2D eigenvalue weighted by Crippen LogP contribution is -2.35. The van der Waals surface area contributed by atoms with Crippen molar-refractivity contribution in [3.05, 3.63) is 60.1 Å². The van der Waals surface area contributed by atoms with E-state index in [0.29, 0.717) is 45.0 Å². The number of furan rings is 1. The zero-order chi connectivity index (χ0) is 17.2. The summed E-state index contributed by atoms with van der Waals surface area (Å²) in [6, 6.07) is 13.6. The van der Waals surface area contributed by atoms with Gasteiger partial charge in [-0.1, -0.05) is 30.3 Å². The molecule has 1 heterocycles. The maximum Gasteiger partial charge on any atom is 0.133 e. The van der Waals surface area contributed by atoms with Crippen LogP contribution in [0, 0.1) is 0 Å². The van der Waals surface area contributed by atoms with Crippen LogP contribution in [0.25, 0.3) is 0 Å². The van der Waals surface area contributed by atoms with Gasteiger partial charge in [0.05, 0.1) is 12.4 Å². The van der Waals surface area contributed by atoms with Crippen molar-refractivity contribution in [3.63, 3.8) is 0 Å². The number of aliphatic hydroxyl groups excluding tert-OH is 2. The molecule has 0 spiro atoms. The van der Waals surface area contributed by atoms with Gasteiger partial charge in [0.1, 0.15) is 11.9 Å². The maximum absolute atomic E-state index is 10.3. The monoisotopic (exact) mass is 333 g/mol. The van der Waals surface area contributed by atoms with Gasteiger partial charge in [0, 0.05) is 32.8 Å². The first-order valence-electron chi connectivity index (χ1n) is 8.42. The van der Waals surface area contributed by atoms with Gasteiger partial charge in [-0.15, -0.1) is 0 Å². The largest absolute Gasteiger partial charge is 0.467 e. The molecule has 0 fully saturated rings. The Morgan fingerprint density at radius 3 is 2.54 bits per heavy atom. The fourth-order valence-electron chi connectivity index (χ4n) is 2.61. The van der Waals surface area contributed by atoms with Crippen LogP contribution in [0.2, 0.25) is 0 Å². The molecule has 0 amide bonds. The minimum absolute atomic E-state index is 0.397. The molecule has 0 bridgehead atoms. The molecule has 2 atom stereocenters. The van der Waals surface area contributed by atoms with Crippen molar-refractivity contribution in [2.24, 2.45) is 0 Å². The summed E-state index contributed by atoms with van der Waals surface area (Å²) in [5.74, 6) is 0.539. The normalized spacial score (nSPS) is 14.0. The van der Waals surface area contributed by atoms with Crippen LogP contribution in [-0.2, 0) is 11.3 Å². The van der Waals surface area contributed by atoms with Crippen LogP contribution < -0.4 is 0 Å². The van der Waals surface area contributed by atoms with Crippen LogP contribution >= 0.6 is 0 Å². The van der Waals surface area contributed by atoms with Gasteiger partial charge in [0.15, 0.2) is 0 Å². The van der Waals surface area contributed by atoms with Crippen LogP contribution in [-0.4, -0.2) is 47.5 Å². The van der Waals surface area contributed by atoms with Gasteiger partial charge < -0.3 is 19.4 Å². The number of nitrogens with zero attached hydrogens (tertiary/aromatic N) is 1. The van der Waals surface area contributed by atoms with Gasteiger partial charge in [-0.05, 0) is 31.0 Å². The Morgan fingerprint density at radius 2 is 1.88 bits per heavy atom. The second kappa shape index (κ2) is 10.3. The van der Waals surface area contributed by atoms with E-state index in [1.165, 1.54) is 0 Å². The molecule has 0 saturated heterocycles. The Labute approximate surface area is 143 Å². The smallest absolute Gasteiger partial charge is 0.133 e. The van der Waals surface area contributed by atoms with Gasteiger partial charge in [0.25, 0.3) is 0 Å². The first kappa shape index (κ1) is 18.7. The zero-order valence-electron chi connectivity index (χ0n) is 14.2. The van der Waals surface area contributed by atoms with Crippen molar-refractivity contribution in [1.82, 2.24) is 4.90 Å². The van der Waals surface area contributed by atoms with E-state index in [2.05, 4.69) is 0 Å². The summed E-state index contributed by atoms with van der Waals surface area (Å²) in [6.07, 6.45) is 0.916. The third kappa shape index (κ3) is 6.45. The number of rotatable bonds is 11. The van der Waals surface area contributed by atoms with E-state index in [0.717, 1.165) is 5.56 Å². The molecule has 5 nitrogen and oxygen atoms in total. The molecule has 0 unspecified atom stereocenters. The summed E-state index contributed by atoms with van der Waals surface area (Å²) >= 11 is 0.